The Hall–Kier alpha value is -0.930. The minimum Gasteiger partial charge on any atom is -0.493 e. The SMILES string of the molecule is COc1cc(Cl)cc(CCCN)c1OC1CCC1. The highest BCUT2D eigenvalue weighted by Gasteiger charge is 2.22. The maximum absolute atomic E-state index is 6.10. The zero-order valence-corrected chi connectivity index (χ0v) is 11.5. The van der Waals surface area contributed by atoms with Gasteiger partial charge in [-0.3, -0.25) is 0 Å². The fourth-order valence-electron chi connectivity index (χ4n) is 2.04. The summed E-state index contributed by atoms with van der Waals surface area (Å²) in [4.78, 5) is 0. The molecule has 0 atom stereocenters. The summed E-state index contributed by atoms with van der Waals surface area (Å²) in [6, 6.07) is 3.76. The molecule has 0 amide bonds. The molecule has 1 aromatic carbocycles. The van der Waals surface area contributed by atoms with Crippen LogP contribution in [0.15, 0.2) is 12.1 Å². The Morgan fingerprint density at radius 3 is 2.72 bits per heavy atom. The Labute approximate surface area is 113 Å². The number of methoxy groups -OCH3 is 1. The van der Waals surface area contributed by atoms with Crippen LogP contribution in [0.3, 0.4) is 0 Å². The van der Waals surface area contributed by atoms with E-state index in [9.17, 15) is 0 Å². The summed E-state index contributed by atoms with van der Waals surface area (Å²) >= 11 is 6.10. The molecule has 1 aliphatic rings. The van der Waals surface area contributed by atoms with Gasteiger partial charge in [0.2, 0.25) is 0 Å². The predicted octanol–water partition coefficient (Wildman–Crippen LogP) is 3.17. The third-order valence-corrected chi connectivity index (χ3v) is 3.52. The fourth-order valence-corrected chi connectivity index (χ4v) is 2.27. The van der Waals surface area contributed by atoms with Gasteiger partial charge in [0.05, 0.1) is 13.2 Å². The lowest BCUT2D eigenvalue weighted by molar-refractivity contribution is 0.114. The van der Waals surface area contributed by atoms with Crippen LogP contribution in [0, 0.1) is 0 Å². The van der Waals surface area contributed by atoms with E-state index in [0.717, 1.165) is 42.7 Å². The summed E-state index contributed by atoms with van der Waals surface area (Å²) in [6.45, 7) is 0.664. The van der Waals surface area contributed by atoms with Gasteiger partial charge in [-0.25, -0.2) is 0 Å². The van der Waals surface area contributed by atoms with Crippen molar-refractivity contribution in [2.45, 2.75) is 38.2 Å². The average molecular weight is 270 g/mol. The number of rotatable bonds is 6. The molecule has 0 aliphatic heterocycles. The summed E-state index contributed by atoms with van der Waals surface area (Å²) in [6.07, 6.45) is 5.62. The van der Waals surface area contributed by atoms with Crippen LogP contribution in [-0.4, -0.2) is 19.8 Å². The third kappa shape index (κ3) is 3.09. The zero-order valence-electron chi connectivity index (χ0n) is 10.7. The molecular weight excluding hydrogens is 250 g/mol. The van der Waals surface area contributed by atoms with E-state index in [2.05, 4.69) is 0 Å². The van der Waals surface area contributed by atoms with E-state index in [-0.39, 0.29) is 0 Å². The number of aryl methyl sites for hydroxylation is 1. The highest BCUT2D eigenvalue weighted by atomic mass is 35.5. The van der Waals surface area contributed by atoms with Crippen molar-refractivity contribution >= 4 is 11.6 Å². The number of hydrogen-bond donors (Lipinski definition) is 1. The smallest absolute Gasteiger partial charge is 0.164 e. The normalized spacial score (nSPS) is 15.3. The molecule has 1 aromatic rings. The second kappa shape index (κ2) is 6.30. The minimum absolute atomic E-state index is 0.330. The minimum atomic E-state index is 0.330. The maximum atomic E-state index is 6.10. The van der Waals surface area contributed by atoms with E-state index in [4.69, 9.17) is 26.8 Å². The van der Waals surface area contributed by atoms with Crippen LogP contribution in [0.4, 0.5) is 0 Å². The second-order valence-electron chi connectivity index (χ2n) is 4.66. The first kappa shape index (κ1) is 13.5. The van der Waals surface area contributed by atoms with Crippen LogP contribution in [0.1, 0.15) is 31.2 Å². The van der Waals surface area contributed by atoms with E-state index in [1.54, 1.807) is 7.11 Å². The van der Waals surface area contributed by atoms with E-state index in [0.29, 0.717) is 17.7 Å². The Bertz CT molecular complexity index is 405. The Kier molecular flexibility index (Phi) is 4.72. The predicted molar refractivity (Wildman–Crippen MR) is 73.6 cm³/mol. The van der Waals surface area contributed by atoms with Gasteiger partial charge in [-0.15, -0.1) is 0 Å². The number of halogens is 1. The van der Waals surface area contributed by atoms with Crippen molar-refractivity contribution < 1.29 is 9.47 Å². The van der Waals surface area contributed by atoms with Crippen LogP contribution in [0.2, 0.25) is 5.02 Å². The monoisotopic (exact) mass is 269 g/mol. The fraction of sp³-hybridized carbons (Fsp3) is 0.571. The molecule has 0 unspecified atom stereocenters. The number of benzene rings is 1. The average Bonchev–Trinajstić information content (AvgIpc) is 2.31. The van der Waals surface area contributed by atoms with E-state index in [1.807, 2.05) is 12.1 Å². The van der Waals surface area contributed by atoms with Gasteiger partial charge in [-0.2, -0.15) is 0 Å². The highest BCUT2D eigenvalue weighted by Crippen LogP contribution is 2.38. The Balaban J connectivity index is 2.24. The lowest BCUT2D eigenvalue weighted by Crippen LogP contribution is -2.25. The molecule has 1 aliphatic carbocycles. The van der Waals surface area contributed by atoms with Crippen LogP contribution >= 0.6 is 11.6 Å². The van der Waals surface area contributed by atoms with Crippen molar-refractivity contribution in [3.63, 3.8) is 0 Å². The molecule has 2 N–H and O–H groups in total. The summed E-state index contributed by atoms with van der Waals surface area (Å²) in [5, 5.41) is 0.680. The van der Waals surface area contributed by atoms with E-state index >= 15 is 0 Å². The van der Waals surface area contributed by atoms with Gasteiger partial charge in [0.25, 0.3) is 0 Å². The summed E-state index contributed by atoms with van der Waals surface area (Å²) < 4.78 is 11.4. The summed E-state index contributed by atoms with van der Waals surface area (Å²) in [7, 11) is 1.64. The third-order valence-electron chi connectivity index (χ3n) is 3.30. The molecule has 0 spiro atoms. The molecule has 1 fully saturated rings. The molecule has 0 radical (unpaired) electrons. The van der Waals surface area contributed by atoms with Gasteiger partial charge in [0.15, 0.2) is 11.5 Å². The van der Waals surface area contributed by atoms with Gasteiger partial charge in [-0.05, 0) is 50.3 Å². The Morgan fingerprint density at radius 1 is 1.39 bits per heavy atom. The molecule has 2 rings (SSSR count). The van der Waals surface area contributed by atoms with Gasteiger partial charge in [-0.1, -0.05) is 11.6 Å². The van der Waals surface area contributed by atoms with Crippen LogP contribution in [0.25, 0.3) is 0 Å². The van der Waals surface area contributed by atoms with Crippen molar-refractivity contribution in [3.8, 4) is 11.5 Å². The zero-order chi connectivity index (χ0) is 13.0. The van der Waals surface area contributed by atoms with Gasteiger partial charge in [0.1, 0.15) is 0 Å². The lowest BCUT2D eigenvalue weighted by atomic mass is 9.96. The second-order valence-corrected chi connectivity index (χ2v) is 5.10. The van der Waals surface area contributed by atoms with E-state index in [1.165, 1.54) is 6.42 Å². The largest absolute Gasteiger partial charge is 0.493 e. The standard InChI is InChI=1S/C14H20ClNO2/c1-17-13-9-11(15)8-10(4-3-7-16)14(13)18-12-5-2-6-12/h8-9,12H,2-7,16H2,1H3. The Morgan fingerprint density at radius 2 is 2.17 bits per heavy atom. The molecule has 0 heterocycles. The lowest BCUT2D eigenvalue weighted by Gasteiger charge is -2.28. The number of ether oxygens (including phenoxy) is 2. The molecule has 3 nitrogen and oxygen atoms in total. The first-order valence-electron chi connectivity index (χ1n) is 6.47. The topological polar surface area (TPSA) is 44.5 Å². The van der Waals surface area contributed by atoms with Gasteiger partial charge < -0.3 is 15.2 Å². The van der Waals surface area contributed by atoms with Crippen molar-refractivity contribution in [1.29, 1.82) is 0 Å². The molecule has 0 aromatic heterocycles. The number of nitrogens with two attached hydrogens (primary N) is 1. The van der Waals surface area contributed by atoms with Crippen molar-refractivity contribution in [2.24, 2.45) is 5.73 Å². The van der Waals surface area contributed by atoms with Crippen molar-refractivity contribution in [2.75, 3.05) is 13.7 Å². The quantitative estimate of drug-likeness (QED) is 0.863. The number of hydrogen-bond acceptors (Lipinski definition) is 3. The molecule has 1 saturated carbocycles. The molecule has 4 heteroatoms. The van der Waals surface area contributed by atoms with Gasteiger partial charge in [0, 0.05) is 11.1 Å². The first-order valence-corrected chi connectivity index (χ1v) is 6.85. The molecule has 0 bridgehead atoms. The van der Waals surface area contributed by atoms with Crippen molar-refractivity contribution in [3.05, 3.63) is 22.7 Å². The van der Waals surface area contributed by atoms with Crippen LogP contribution < -0.4 is 15.2 Å². The maximum Gasteiger partial charge on any atom is 0.164 e. The van der Waals surface area contributed by atoms with Crippen LogP contribution in [-0.2, 0) is 6.42 Å². The molecular formula is C14H20ClNO2. The van der Waals surface area contributed by atoms with E-state index < -0.39 is 0 Å². The van der Waals surface area contributed by atoms with Crippen molar-refractivity contribution in [1.82, 2.24) is 0 Å². The summed E-state index contributed by atoms with van der Waals surface area (Å²) in [5.74, 6) is 1.57. The molecule has 100 valence electrons. The van der Waals surface area contributed by atoms with Gasteiger partial charge >= 0.3 is 0 Å². The summed E-state index contributed by atoms with van der Waals surface area (Å²) in [5.41, 5.74) is 6.66. The molecule has 0 saturated heterocycles. The first-order chi connectivity index (χ1) is 8.74. The highest BCUT2D eigenvalue weighted by molar-refractivity contribution is 6.30. The van der Waals surface area contributed by atoms with Crippen LogP contribution in [0.5, 0.6) is 11.5 Å². The molecule has 18 heavy (non-hydrogen) atoms.